The Balaban J connectivity index is 1.44. The number of ether oxygens (including phenoxy) is 1. The predicted octanol–water partition coefficient (Wildman–Crippen LogP) is 7.24. The molecule has 0 bridgehead atoms. The number of methoxy groups -OCH3 is 1. The average Bonchev–Trinajstić information content (AvgIpc) is 3.03. The summed E-state index contributed by atoms with van der Waals surface area (Å²) in [4.78, 5) is 0. The van der Waals surface area contributed by atoms with Crippen LogP contribution >= 0.6 is 0 Å². The van der Waals surface area contributed by atoms with Crippen LogP contribution in [0, 0.1) is 46.3 Å². The fourth-order valence-corrected chi connectivity index (χ4v) is 9.47. The topological polar surface area (TPSA) is 29.5 Å². The summed E-state index contributed by atoms with van der Waals surface area (Å²) in [6.45, 7) is 11.8. The quantitative estimate of drug-likeness (QED) is 0.492. The molecule has 0 aromatic heterocycles. The van der Waals surface area contributed by atoms with Gasteiger partial charge in [-0.15, -0.1) is 0 Å². The van der Waals surface area contributed by atoms with Crippen molar-refractivity contribution >= 4 is 0 Å². The Morgan fingerprint density at radius 2 is 1.67 bits per heavy atom. The van der Waals surface area contributed by atoms with Gasteiger partial charge < -0.3 is 9.84 Å². The zero-order valence-corrected chi connectivity index (χ0v) is 20.9. The van der Waals surface area contributed by atoms with E-state index >= 15 is 0 Å². The Morgan fingerprint density at radius 1 is 0.967 bits per heavy atom. The number of hydrogen-bond acceptors (Lipinski definition) is 2. The summed E-state index contributed by atoms with van der Waals surface area (Å²) in [5.41, 5.74) is 0.647. The van der Waals surface area contributed by atoms with Crippen LogP contribution in [0.2, 0.25) is 0 Å². The maximum Gasteiger partial charge on any atom is 0.0591 e. The summed E-state index contributed by atoms with van der Waals surface area (Å²) in [6, 6.07) is 0. The molecule has 4 rings (SSSR count). The molecule has 0 heterocycles. The first-order valence-corrected chi connectivity index (χ1v) is 13.3. The van der Waals surface area contributed by atoms with Gasteiger partial charge in [0.2, 0.25) is 0 Å². The fourth-order valence-electron chi connectivity index (χ4n) is 9.47. The highest BCUT2D eigenvalue weighted by Gasteiger charge is 2.60. The van der Waals surface area contributed by atoms with Crippen LogP contribution in [0.4, 0.5) is 0 Å². The molecule has 4 fully saturated rings. The first-order chi connectivity index (χ1) is 14.1. The Hall–Kier alpha value is -0.0800. The van der Waals surface area contributed by atoms with Gasteiger partial charge >= 0.3 is 0 Å². The molecule has 0 aliphatic heterocycles. The second kappa shape index (κ2) is 8.36. The summed E-state index contributed by atoms with van der Waals surface area (Å²) in [7, 11) is 1.92. The molecule has 2 heteroatoms. The van der Waals surface area contributed by atoms with Gasteiger partial charge in [0.1, 0.15) is 0 Å². The van der Waals surface area contributed by atoms with Gasteiger partial charge in [-0.1, -0.05) is 33.6 Å². The molecule has 0 unspecified atom stereocenters. The number of hydrogen-bond donors (Lipinski definition) is 1. The first-order valence-electron chi connectivity index (χ1n) is 13.3. The Bertz CT molecular complexity index is 594. The van der Waals surface area contributed by atoms with Gasteiger partial charge in [0.05, 0.1) is 11.7 Å². The van der Waals surface area contributed by atoms with Crippen molar-refractivity contribution in [2.75, 3.05) is 7.11 Å². The highest BCUT2D eigenvalue weighted by molar-refractivity contribution is 5.09. The van der Waals surface area contributed by atoms with Crippen LogP contribution < -0.4 is 0 Å². The SMILES string of the molecule is CO[C@H]1CC[C@@]2(C)[C@@H](CC[C@@H]3[C@@H]2CC[C@]2(C)[C@@H]([C@H](C)CCCC(C)(C)O)CC[C@@H]32)C1. The van der Waals surface area contributed by atoms with E-state index in [0.29, 0.717) is 16.9 Å². The van der Waals surface area contributed by atoms with Crippen LogP contribution in [0.25, 0.3) is 0 Å². The van der Waals surface area contributed by atoms with Gasteiger partial charge in [0.15, 0.2) is 0 Å². The highest BCUT2D eigenvalue weighted by atomic mass is 16.5. The third kappa shape index (κ3) is 4.02. The minimum absolute atomic E-state index is 0.504. The Labute approximate surface area is 186 Å². The van der Waals surface area contributed by atoms with E-state index in [1.54, 1.807) is 0 Å². The van der Waals surface area contributed by atoms with Crippen LogP contribution in [0.15, 0.2) is 0 Å². The summed E-state index contributed by atoms with van der Waals surface area (Å²) < 4.78 is 5.78. The summed E-state index contributed by atoms with van der Waals surface area (Å²) in [6.07, 6.45) is 16.8. The van der Waals surface area contributed by atoms with E-state index in [0.717, 1.165) is 41.9 Å². The highest BCUT2D eigenvalue weighted by Crippen LogP contribution is 2.68. The Kier molecular flexibility index (Phi) is 6.44. The van der Waals surface area contributed by atoms with Crippen LogP contribution in [0.1, 0.15) is 112 Å². The van der Waals surface area contributed by atoms with Crippen molar-refractivity contribution < 1.29 is 9.84 Å². The van der Waals surface area contributed by atoms with Crippen LogP contribution in [-0.2, 0) is 4.74 Å². The van der Waals surface area contributed by atoms with E-state index in [1.165, 1.54) is 70.6 Å². The largest absolute Gasteiger partial charge is 0.390 e. The molecule has 9 atom stereocenters. The molecule has 0 saturated heterocycles. The van der Waals surface area contributed by atoms with Gasteiger partial charge in [-0.3, -0.25) is 0 Å². The lowest BCUT2D eigenvalue weighted by molar-refractivity contribution is -0.133. The molecule has 174 valence electrons. The van der Waals surface area contributed by atoms with Gasteiger partial charge in [-0.05, 0) is 124 Å². The third-order valence-electron chi connectivity index (χ3n) is 11.2. The molecule has 30 heavy (non-hydrogen) atoms. The van der Waals surface area contributed by atoms with Gasteiger partial charge in [0, 0.05) is 7.11 Å². The normalized spacial score (nSPS) is 47.3. The molecule has 0 aromatic carbocycles. The maximum absolute atomic E-state index is 10.1. The van der Waals surface area contributed by atoms with Crippen molar-refractivity contribution in [3.63, 3.8) is 0 Å². The van der Waals surface area contributed by atoms with Crippen molar-refractivity contribution in [3.8, 4) is 0 Å². The smallest absolute Gasteiger partial charge is 0.0591 e. The molecule has 0 radical (unpaired) electrons. The molecular formula is C28H50O2. The molecular weight excluding hydrogens is 368 g/mol. The number of fused-ring (bicyclic) bond motifs is 5. The molecule has 0 spiro atoms. The van der Waals surface area contributed by atoms with Gasteiger partial charge in [-0.2, -0.15) is 0 Å². The zero-order chi connectivity index (χ0) is 21.7. The van der Waals surface area contributed by atoms with Crippen molar-refractivity contribution in [3.05, 3.63) is 0 Å². The van der Waals surface area contributed by atoms with Crippen molar-refractivity contribution in [2.45, 2.75) is 123 Å². The summed E-state index contributed by atoms with van der Waals surface area (Å²) in [5.74, 6) is 5.53. The van der Waals surface area contributed by atoms with E-state index in [-0.39, 0.29) is 0 Å². The van der Waals surface area contributed by atoms with Crippen LogP contribution in [0.5, 0.6) is 0 Å². The summed E-state index contributed by atoms with van der Waals surface area (Å²) in [5, 5.41) is 10.1. The number of aliphatic hydroxyl groups is 1. The van der Waals surface area contributed by atoms with E-state index in [9.17, 15) is 5.11 Å². The average molecular weight is 419 g/mol. The maximum atomic E-state index is 10.1. The zero-order valence-electron chi connectivity index (χ0n) is 20.9. The lowest BCUT2D eigenvalue weighted by Gasteiger charge is -2.61. The molecule has 4 aliphatic carbocycles. The van der Waals surface area contributed by atoms with Crippen LogP contribution in [-0.4, -0.2) is 23.9 Å². The van der Waals surface area contributed by atoms with E-state index in [1.807, 2.05) is 21.0 Å². The minimum atomic E-state index is -0.504. The van der Waals surface area contributed by atoms with Crippen molar-refractivity contribution in [2.24, 2.45) is 46.3 Å². The van der Waals surface area contributed by atoms with Gasteiger partial charge in [-0.25, -0.2) is 0 Å². The van der Waals surface area contributed by atoms with Crippen LogP contribution in [0.3, 0.4) is 0 Å². The fraction of sp³-hybridized carbons (Fsp3) is 1.00. The van der Waals surface area contributed by atoms with Gasteiger partial charge in [0.25, 0.3) is 0 Å². The first kappa shape index (κ1) is 23.1. The lowest BCUT2D eigenvalue weighted by atomic mass is 9.44. The Morgan fingerprint density at radius 3 is 2.37 bits per heavy atom. The van der Waals surface area contributed by atoms with Crippen molar-refractivity contribution in [1.29, 1.82) is 0 Å². The molecule has 0 amide bonds. The monoisotopic (exact) mass is 418 g/mol. The molecule has 4 aliphatic rings. The summed E-state index contributed by atoms with van der Waals surface area (Å²) >= 11 is 0. The van der Waals surface area contributed by atoms with E-state index < -0.39 is 5.60 Å². The molecule has 1 N–H and O–H groups in total. The third-order valence-corrected chi connectivity index (χ3v) is 11.2. The molecule has 0 aromatic rings. The molecule has 2 nitrogen and oxygen atoms in total. The molecule has 4 saturated carbocycles. The second-order valence-electron chi connectivity index (χ2n) is 13.2. The standard InChI is InChI=1S/C28H50O2/c1-19(8-7-15-26(2,3)29)23-11-12-24-22-10-9-20-18-21(30-6)13-16-27(20,4)25(22)14-17-28(23,24)5/h19-25,29H,7-18H2,1-6H3/t19-,20+,21+,22+,23-,24+,25+,27+,28-/m1/s1. The van der Waals surface area contributed by atoms with E-state index in [4.69, 9.17) is 4.74 Å². The predicted molar refractivity (Wildman–Crippen MR) is 125 cm³/mol. The van der Waals surface area contributed by atoms with E-state index in [2.05, 4.69) is 20.8 Å². The van der Waals surface area contributed by atoms with Crippen molar-refractivity contribution in [1.82, 2.24) is 0 Å². The second-order valence-corrected chi connectivity index (χ2v) is 13.2. The minimum Gasteiger partial charge on any atom is -0.390 e. The number of rotatable bonds is 6. The lowest BCUT2D eigenvalue weighted by Crippen LogP contribution is -2.54.